The van der Waals surface area contributed by atoms with Gasteiger partial charge in [-0.1, -0.05) is 13.0 Å². The number of nitrogens with one attached hydrogen (secondary N) is 1. The number of amides is 3. The van der Waals surface area contributed by atoms with Crippen molar-refractivity contribution in [2.75, 3.05) is 44.9 Å². The van der Waals surface area contributed by atoms with Crippen LogP contribution in [0.15, 0.2) is 23.1 Å². The lowest BCUT2D eigenvalue weighted by atomic mass is 10.1. The van der Waals surface area contributed by atoms with Gasteiger partial charge < -0.3 is 25.0 Å². The van der Waals surface area contributed by atoms with Gasteiger partial charge in [-0.25, -0.2) is 8.42 Å². The van der Waals surface area contributed by atoms with Gasteiger partial charge in [-0.15, -0.1) is 0 Å². The van der Waals surface area contributed by atoms with Crippen molar-refractivity contribution in [2.24, 2.45) is 5.73 Å². The molecule has 0 spiro atoms. The van der Waals surface area contributed by atoms with Crippen LogP contribution in [0.1, 0.15) is 25.3 Å². The van der Waals surface area contributed by atoms with Gasteiger partial charge in [0.15, 0.2) is 6.04 Å². The number of carbonyl (C=O) groups excluding carboxylic acids is 3. The van der Waals surface area contributed by atoms with Crippen LogP contribution >= 0.6 is 0 Å². The predicted molar refractivity (Wildman–Crippen MR) is 119 cm³/mol. The summed E-state index contributed by atoms with van der Waals surface area (Å²) in [5.74, 6) is -2.09. The van der Waals surface area contributed by atoms with Crippen molar-refractivity contribution in [1.82, 2.24) is 9.62 Å². The lowest BCUT2D eigenvalue weighted by Crippen LogP contribution is -2.57. The molecular weight excluding hydrogens is 452 g/mol. The largest absolute Gasteiger partial charge is 0.380 e. The number of primary amides is 1. The Bertz CT molecular complexity index is 1010. The van der Waals surface area contributed by atoms with E-state index in [2.05, 4.69) is 4.72 Å². The van der Waals surface area contributed by atoms with Gasteiger partial charge in [0.25, 0.3) is 11.8 Å². The van der Waals surface area contributed by atoms with Gasteiger partial charge in [-0.2, -0.15) is 4.72 Å². The molecule has 0 bridgehead atoms. The molecule has 1 aromatic carbocycles. The normalized spacial score (nSPS) is 20.5. The summed E-state index contributed by atoms with van der Waals surface area (Å²) in [5, 5.41) is 0. The van der Waals surface area contributed by atoms with Crippen LogP contribution in [0.3, 0.4) is 0 Å². The molecule has 0 aromatic heterocycles. The number of piperidine rings is 1. The molecular formula is C21H30N4O7S. The molecule has 2 saturated heterocycles. The summed E-state index contributed by atoms with van der Waals surface area (Å²) < 4.78 is 39.3. The van der Waals surface area contributed by atoms with Gasteiger partial charge in [-0.3, -0.25) is 14.4 Å². The van der Waals surface area contributed by atoms with E-state index in [1.165, 1.54) is 29.0 Å². The second-order valence-electron chi connectivity index (χ2n) is 7.95. The molecule has 2 fully saturated rings. The fraction of sp³-hybridized carbons (Fsp3) is 0.571. The van der Waals surface area contributed by atoms with Crippen molar-refractivity contribution in [2.45, 2.75) is 43.2 Å². The smallest absolute Gasteiger partial charge is 0.253 e. The van der Waals surface area contributed by atoms with Crippen LogP contribution in [-0.4, -0.2) is 83.1 Å². The zero-order valence-corrected chi connectivity index (χ0v) is 19.6. The molecule has 2 atom stereocenters. The minimum absolute atomic E-state index is 0.0884. The van der Waals surface area contributed by atoms with Crippen LogP contribution in [-0.2, 0) is 40.3 Å². The van der Waals surface area contributed by atoms with Gasteiger partial charge >= 0.3 is 0 Å². The average molecular weight is 483 g/mol. The Balaban J connectivity index is 1.90. The summed E-state index contributed by atoms with van der Waals surface area (Å²) in [6, 6.07) is 2.79. The summed E-state index contributed by atoms with van der Waals surface area (Å²) in [5.41, 5.74) is 6.27. The standard InChI is InChI=1S/C21H30N4O7S/c1-3-15-16(25-10-11-32-13-18(25)26)7-4-8-17(15)33(29,30)23-19(20(22)27)21(28)24-9-5-6-14(12-24)31-2/h4,7-8,14,19,23H,3,5-6,9-13H2,1-2H3,(H2,22,27)/t14-,19+/m1/s1. The first kappa shape index (κ1) is 25.1. The molecule has 2 aliphatic rings. The maximum absolute atomic E-state index is 13.3. The molecule has 33 heavy (non-hydrogen) atoms. The summed E-state index contributed by atoms with van der Waals surface area (Å²) >= 11 is 0. The molecule has 3 N–H and O–H groups in total. The molecule has 0 aliphatic carbocycles. The summed E-state index contributed by atoms with van der Waals surface area (Å²) in [6.45, 7) is 2.92. The number of sulfonamides is 1. The third-order valence-corrected chi connectivity index (χ3v) is 7.36. The minimum Gasteiger partial charge on any atom is -0.380 e. The molecule has 0 saturated carbocycles. The number of nitrogens with zero attached hydrogens (tertiary/aromatic N) is 2. The second-order valence-corrected chi connectivity index (χ2v) is 9.63. The maximum Gasteiger partial charge on any atom is 0.253 e. The van der Waals surface area contributed by atoms with E-state index in [9.17, 15) is 22.8 Å². The van der Waals surface area contributed by atoms with Crippen LogP contribution in [0, 0.1) is 0 Å². The average Bonchev–Trinajstić information content (AvgIpc) is 2.81. The van der Waals surface area contributed by atoms with Crippen molar-refractivity contribution in [1.29, 1.82) is 0 Å². The summed E-state index contributed by atoms with van der Waals surface area (Å²) in [4.78, 5) is 40.2. The molecule has 1 aromatic rings. The van der Waals surface area contributed by atoms with Crippen molar-refractivity contribution in [3.05, 3.63) is 23.8 Å². The lowest BCUT2D eigenvalue weighted by molar-refractivity contribution is -0.140. The van der Waals surface area contributed by atoms with Crippen molar-refractivity contribution < 1.29 is 32.3 Å². The van der Waals surface area contributed by atoms with E-state index in [0.29, 0.717) is 43.8 Å². The Morgan fingerprint density at radius 2 is 2.09 bits per heavy atom. The van der Waals surface area contributed by atoms with Gasteiger partial charge in [-0.05, 0) is 37.0 Å². The first-order valence-electron chi connectivity index (χ1n) is 10.8. The Kier molecular flexibility index (Phi) is 8.05. The number of ether oxygens (including phenoxy) is 2. The van der Waals surface area contributed by atoms with Crippen LogP contribution in [0.2, 0.25) is 0 Å². The Labute approximate surface area is 193 Å². The molecule has 11 nitrogen and oxygen atoms in total. The predicted octanol–water partition coefficient (Wildman–Crippen LogP) is -0.618. The molecule has 2 aliphatic heterocycles. The highest BCUT2D eigenvalue weighted by molar-refractivity contribution is 7.89. The third kappa shape index (κ3) is 5.52. The van der Waals surface area contributed by atoms with E-state index >= 15 is 0 Å². The maximum atomic E-state index is 13.3. The first-order chi connectivity index (χ1) is 15.7. The zero-order chi connectivity index (χ0) is 24.2. The Morgan fingerprint density at radius 1 is 1.33 bits per heavy atom. The summed E-state index contributed by atoms with van der Waals surface area (Å²) in [6.07, 6.45) is 1.54. The van der Waals surface area contributed by atoms with Gasteiger partial charge in [0.05, 0.1) is 17.6 Å². The molecule has 0 unspecified atom stereocenters. The van der Waals surface area contributed by atoms with E-state index in [1.54, 1.807) is 13.0 Å². The van der Waals surface area contributed by atoms with Crippen molar-refractivity contribution >= 4 is 33.4 Å². The number of hydrogen-bond acceptors (Lipinski definition) is 7. The number of anilines is 1. The second kappa shape index (κ2) is 10.6. The fourth-order valence-corrected chi connectivity index (χ4v) is 5.63. The van der Waals surface area contributed by atoms with Gasteiger partial charge in [0.1, 0.15) is 6.61 Å². The lowest BCUT2D eigenvalue weighted by Gasteiger charge is -2.33. The monoisotopic (exact) mass is 482 g/mol. The molecule has 3 amide bonds. The molecule has 2 heterocycles. The number of methoxy groups -OCH3 is 1. The topological polar surface area (TPSA) is 148 Å². The van der Waals surface area contributed by atoms with Crippen molar-refractivity contribution in [3.8, 4) is 0 Å². The first-order valence-corrected chi connectivity index (χ1v) is 12.3. The molecule has 182 valence electrons. The van der Waals surface area contributed by atoms with Gasteiger partial charge in [0.2, 0.25) is 15.9 Å². The Morgan fingerprint density at radius 3 is 2.73 bits per heavy atom. The number of rotatable bonds is 8. The van der Waals surface area contributed by atoms with Crippen LogP contribution in [0.5, 0.6) is 0 Å². The number of hydrogen-bond donors (Lipinski definition) is 2. The number of likely N-dealkylation sites (tertiary alicyclic amines) is 1. The number of morpholine rings is 1. The molecule has 12 heteroatoms. The quantitative estimate of drug-likeness (QED) is 0.469. The van der Waals surface area contributed by atoms with E-state index in [0.717, 1.165) is 6.42 Å². The van der Waals surface area contributed by atoms with E-state index in [-0.39, 0.29) is 30.1 Å². The summed E-state index contributed by atoms with van der Waals surface area (Å²) in [7, 11) is -2.79. The molecule has 0 radical (unpaired) electrons. The highest BCUT2D eigenvalue weighted by atomic mass is 32.2. The van der Waals surface area contributed by atoms with Gasteiger partial charge in [0, 0.05) is 32.4 Å². The highest BCUT2D eigenvalue weighted by Gasteiger charge is 2.36. The minimum atomic E-state index is -4.33. The number of benzene rings is 1. The Hall–Kier alpha value is -2.54. The van der Waals surface area contributed by atoms with Crippen LogP contribution in [0.4, 0.5) is 5.69 Å². The zero-order valence-electron chi connectivity index (χ0n) is 18.8. The number of carbonyl (C=O) groups is 3. The van der Waals surface area contributed by atoms with E-state index < -0.39 is 27.9 Å². The SMILES string of the molecule is CCc1c(N2CCOCC2=O)cccc1S(=O)(=O)N[C@@H](C(N)=O)C(=O)N1CCC[C@@H](OC)C1. The van der Waals surface area contributed by atoms with Crippen molar-refractivity contribution in [3.63, 3.8) is 0 Å². The van der Waals surface area contributed by atoms with Crippen LogP contribution < -0.4 is 15.4 Å². The third-order valence-electron chi connectivity index (χ3n) is 5.86. The van der Waals surface area contributed by atoms with E-state index in [4.69, 9.17) is 15.2 Å². The molecule has 3 rings (SSSR count). The van der Waals surface area contributed by atoms with Crippen LogP contribution in [0.25, 0.3) is 0 Å². The van der Waals surface area contributed by atoms with E-state index in [1.807, 2.05) is 0 Å². The number of nitrogens with two attached hydrogens (primary N) is 1. The fourth-order valence-electron chi connectivity index (χ4n) is 4.15. The highest BCUT2D eigenvalue weighted by Crippen LogP contribution is 2.29.